The average Bonchev–Trinajstić information content (AvgIpc) is 2.70. The summed E-state index contributed by atoms with van der Waals surface area (Å²) in [5.74, 6) is 0. The van der Waals surface area contributed by atoms with Crippen LogP contribution in [0.5, 0.6) is 0 Å². The number of allylic oxidation sites excluding steroid dienone is 2. The van der Waals surface area contributed by atoms with Crippen LogP contribution in [0.3, 0.4) is 0 Å². The second-order valence-electron chi connectivity index (χ2n) is 6.11. The van der Waals surface area contributed by atoms with Crippen molar-refractivity contribution in [3.63, 3.8) is 0 Å². The standard InChI is InChI=1S/C14H22N2/c1-10-8-12-11(2)16(5)13(3)6-7-14(12,9-13)15(10)4/h8H,6-7,9H2,1-5H3. The van der Waals surface area contributed by atoms with Gasteiger partial charge in [-0.2, -0.15) is 0 Å². The molecule has 2 heterocycles. The van der Waals surface area contributed by atoms with E-state index in [4.69, 9.17) is 0 Å². The van der Waals surface area contributed by atoms with Gasteiger partial charge in [-0.25, -0.2) is 0 Å². The smallest absolute Gasteiger partial charge is 0.0687 e. The lowest BCUT2D eigenvalue weighted by molar-refractivity contribution is 0.127. The highest BCUT2D eigenvalue weighted by Gasteiger charge is 2.57. The molecule has 3 rings (SSSR count). The van der Waals surface area contributed by atoms with Gasteiger partial charge in [0.1, 0.15) is 0 Å². The van der Waals surface area contributed by atoms with Crippen molar-refractivity contribution in [1.82, 2.24) is 9.80 Å². The van der Waals surface area contributed by atoms with Gasteiger partial charge in [0.2, 0.25) is 0 Å². The summed E-state index contributed by atoms with van der Waals surface area (Å²) in [6.45, 7) is 6.95. The summed E-state index contributed by atoms with van der Waals surface area (Å²) in [5.41, 5.74) is 5.18. The van der Waals surface area contributed by atoms with Crippen molar-refractivity contribution in [2.75, 3.05) is 14.1 Å². The van der Waals surface area contributed by atoms with Gasteiger partial charge in [0.25, 0.3) is 0 Å². The molecule has 0 aromatic rings. The number of hydrogen-bond acceptors (Lipinski definition) is 2. The molecule has 2 heteroatoms. The second-order valence-corrected chi connectivity index (χ2v) is 6.11. The number of likely N-dealkylation sites (N-methyl/N-ethyl adjacent to an activating group) is 1. The molecule has 16 heavy (non-hydrogen) atoms. The van der Waals surface area contributed by atoms with Crippen LogP contribution in [0, 0.1) is 0 Å². The first-order valence-electron chi connectivity index (χ1n) is 6.28. The third kappa shape index (κ3) is 0.899. The fourth-order valence-corrected chi connectivity index (χ4v) is 4.07. The minimum absolute atomic E-state index is 0.329. The third-order valence-corrected chi connectivity index (χ3v) is 5.48. The topological polar surface area (TPSA) is 6.48 Å². The van der Waals surface area contributed by atoms with Crippen LogP contribution in [-0.4, -0.2) is 35.0 Å². The van der Waals surface area contributed by atoms with E-state index in [1.165, 1.54) is 30.7 Å². The minimum Gasteiger partial charge on any atom is -0.372 e. The minimum atomic E-state index is 0.329. The Labute approximate surface area is 98.6 Å². The van der Waals surface area contributed by atoms with Crippen molar-refractivity contribution in [3.8, 4) is 0 Å². The predicted molar refractivity (Wildman–Crippen MR) is 67.0 cm³/mol. The Kier molecular flexibility index (Phi) is 1.71. The summed E-state index contributed by atoms with van der Waals surface area (Å²) in [6.07, 6.45) is 6.31. The van der Waals surface area contributed by atoms with Crippen LogP contribution in [0.25, 0.3) is 0 Å². The van der Waals surface area contributed by atoms with Crippen LogP contribution in [0.4, 0.5) is 0 Å². The zero-order chi connectivity index (χ0) is 11.7. The highest BCUT2D eigenvalue weighted by molar-refractivity contribution is 5.48. The summed E-state index contributed by atoms with van der Waals surface area (Å²) in [6, 6.07) is 0. The monoisotopic (exact) mass is 218 g/mol. The number of rotatable bonds is 0. The third-order valence-electron chi connectivity index (χ3n) is 5.48. The van der Waals surface area contributed by atoms with Crippen molar-refractivity contribution >= 4 is 0 Å². The van der Waals surface area contributed by atoms with E-state index in [-0.39, 0.29) is 0 Å². The van der Waals surface area contributed by atoms with E-state index in [2.05, 4.69) is 50.7 Å². The molecule has 0 aromatic heterocycles. The van der Waals surface area contributed by atoms with Crippen LogP contribution in [0.1, 0.15) is 40.0 Å². The molecule has 1 aliphatic carbocycles. The molecule has 2 bridgehead atoms. The molecule has 2 aliphatic heterocycles. The maximum absolute atomic E-state index is 2.52. The maximum atomic E-state index is 2.52. The van der Waals surface area contributed by atoms with Gasteiger partial charge in [0.15, 0.2) is 0 Å². The molecular formula is C14H22N2. The Morgan fingerprint density at radius 3 is 2.50 bits per heavy atom. The quantitative estimate of drug-likeness (QED) is 0.617. The van der Waals surface area contributed by atoms with Crippen molar-refractivity contribution in [1.29, 1.82) is 0 Å². The van der Waals surface area contributed by atoms with Crippen LogP contribution in [-0.2, 0) is 0 Å². The van der Waals surface area contributed by atoms with Crippen LogP contribution in [0.15, 0.2) is 23.0 Å². The van der Waals surface area contributed by atoms with E-state index in [0.29, 0.717) is 11.1 Å². The molecule has 2 unspecified atom stereocenters. The number of fused-ring (bicyclic) bond motifs is 1. The molecule has 0 N–H and O–H groups in total. The summed E-state index contributed by atoms with van der Waals surface area (Å²) in [5, 5.41) is 0. The fraction of sp³-hybridized carbons (Fsp3) is 0.714. The van der Waals surface area contributed by atoms with Gasteiger partial charge in [-0.05, 0) is 51.7 Å². The zero-order valence-electron chi connectivity index (χ0n) is 11.1. The van der Waals surface area contributed by atoms with E-state index in [9.17, 15) is 0 Å². The molecule has 0 amide bonds. The van der Waals surface area contributed by atoms with E-state index in [0.717, 1.165) is 0 Å². The molecular weight excluding hydrogens is 196 g/mol. The van der Waals surface area contributed by atoms with E-state index in [1.807, 2.05) is 0 Å². The van der Waals surface area contributed by atoms with Gasteiger partial charge in [0.05, 0.1) is 5.54 Å². The molecule has 0 aromatic carbocycles. The lowest BCUT2D eigenvalue weighted by Gasteiger charge is -2.48. The van der Waals surface area contributed by atoms with E-state index < -0.39 is 0 Å². The van der Waals surface area contributed by atoms with Crippen molar-refractivity contribution < 1.29 is 0 Å². The maximum Gasteiger partial charge on any atom is 0.0687 e. The number of hydrogen-bond donors (Lipinski definition) is 0. The molecule has 1 spiro atoms. The van der Waals surface area contributed by atoms with Crippen molar-refractivity contribution in [2.24, 2.45) is 0 Å². The lowest BCUT2D eigenvalue weighted by Crippen LogP contribution is -2.51. The number of nitrogens with zero attached hydrogens (tertiary/aromatic N) is 2. The Hall–Kier alpha value is -0.920. The summed E-state index contributed by atoms with van der Waals surface area (Å²) in [7, 11) is 4.53. The molecule has 0 radical (unpaired) electrons. The Morgan fingerprint density at radius 1 is 1.12 bits per heavy atom. The Balaban J connectivity index is 2.21. The van der Waals surface area contributed by atoms with Gasteiger partial charge in [-0.3, -0.25) is 0 Å². The van der Waals surface area contributed by atoms with Gasteiger partial charge < -0.3 is 9.80 Å². The SMILES string of the molecule is CC1=CC2=C(C)N(C)C3(C)CCC2(C3)N1C. The van der Waals surface area contributed by atoms with Crippen molar-refractivity contribution in [3.05, 3.63) is 23.0 Å². The summed E-state index contributed by atoms with van der Waals surface area (Å²) >= 11 is 0. The van der Waals surface area contributed by atoms with Gasteiger partial charge in [0, 0.05) is 31.0 Å². The average molecular weight is 218 g/mol. The zero-order valence-corrected chi connectivity index (χ0v) is 11.1. The van der Waals surface area contributed by atoms with E-state index in [1.54, 1.807) is 5.57 Å². The molecule has 1 saturated carbocycles. The molecule has 0 saturated heterocycles. The Morgan fingerprint density at radius 2 is 1.81 bits per heavy atom. The highest BCUT2D eigenvalue weighted by atomic mass is 15.3. The normalized spacial score (nSPS) is 41.7. The summed E-state index contributed by atoms with van der Waals surface area (Å²) < 4.78 is 0. The first kappa shape index (κ1) is 10.2. The molecule has 1 fully saturated rings. The predicted octanol–water partition coefficient (Wildman–Crippen LogP) is 2.74. The van der Waals surface area contributed by atoms with Crippen LogP contribution in [0.2, 0.25) is 0 Å². The highest BCUT2D eigenvalue weighted by Crippen LogP contribution is 2.57. The van der Waals surface area contributed by atoms with Crippen LogP contribution >= 0.6 is 0 Å². The largest absolute Gasteiger partial charge is 0.372 e. The molecule has 88 valence electrons. The molecule has 2 nitrogen and oxygen atoms in total. The van der Waals surface area contributed by atoms with Crippen LogP contribution < -0.4 is 0 Å². The molecule has 2 atom stereocenters. The van der Waals surface area contributed by atoms with Gasteiger partial charge >= 0.3 is 0 Å². The summed E-state index contributed by atoms with van der Waals surface area (Å²) in [4.78, 5) is 5.03. The molecule has 3 aliphatic rings. The Bertz CT molecular complexity index is 420. The van der Waals surface area contributed by atoms with Gasteiger partial charge in [-0.15, -0.1) is 0 Å². The first-order valence-corrected chi connectivity index (χ1v) is 6.28. The van der Waals surface area contributed by atoms with Gasteiger partial charge in [-0.1, -0.05) is 0 Å². The lowest BCUT2D eigenvalue weighted by atomic mass is 9.81. The first-order chi connectivity index (χ1) is 7.41. The second kappa shape index (κ2) is 2.66. The van der Waals surface area contributed by atoms with E-state index >= 15 is 0 Å². The fourth-order valence-electron chi connectivity index (χ4n) is 4.07. The van der Waals surface area contributed by atoms with Crippen molar-refractivity contribution in [2.45, 2.75) is 51.1 Å².